The Bertz CT molecular complexity index is 562. The first-order valence-electron chi connectivity index (χ1n) is 6.62. The van der Waals surface area contributed by atoms with E-state index < -0.39 is 11.7 Å². The first-order chi connectivity index (χ1) is 10.0. The molecule has 0 radical (unpaired) electrons. The van der Waals surface area contributed by atoms with Crippen LogP contribution >= 0.6 is 0 Å². The first kappa shape index (κ1) is 15.4. The number of aromatic nitrogens is 4. The minimum Gasteiger partial charge on any atom is -0.310 e. The van der Waals surface area contributed by atoms with Gasteiger partial charge in [0.05, 0.1) is 18.7 Å². The predicted molar refractivity (Wildman–Crippen MR) is 70.4 cm³/mol. The number of hydrogen-bond donors (Lipinski definition) is 1. The van der Waals surface area contributed by atoms with Crippen LogP contribution < -0.4 is 5.32 Å². The van der Waals surface area contributed by atoms with Crippen LogP contribution in [0.3, 0.4) is 0 Å². The topological polar surface area (TPSA) is 55.6 Å². The smallest absolute Gasteiger partial charge is 0.310 e. The van der Waals surface area contributed by atoms with Gasteiger partial charge in [-0.2, -0.15) is 13.2 Å². The normalized spacial score (nSPS) is 11.8. The number of halogens is 3. The van der Waals surface area contributed by atoms with Gasteiger partial charge >= 0.3 is 6.18 Å². The van der Waals surface area contributed by atoms with E-state index in [1.165, 1.54) is 12.1 Å². The van der Waals surface area contributed by atoms with E-state index in [2.05, 4.69) is 27.8 Å². The van der Waals surface area contributed by atoms with Crippen molar-refractivity contribution in [2.24, 2.45) is 0 Å². The van der Waals surface area contributed by atoms with Crippen molar-refractivity contribution in [1.82, 2.24) is 25.5 Å². The summed E-state index contributed by atoms with van der Waals surface area (Å²) in [6.45, 7) is 3.78. The maximum Gasteiger partial charge on any atom is 0.416 e. The second-order valence-corrected chi connectivity index (χ2v) is 4.62. The van der Waals surface area contributed by atoms with Crippen LogP contribution in [0.4, 0.5) is 13.2 Å². The van der Waals surface area contributed by atoms with Gasteiger partial charge in [-0.3, -0.25) is 0 Å². The molecule has 1 aromatic heterocycles. The van der Waals surface area contributed by atoms with Crippen molar-refractivity contribution in [2.75, 3.05) is 6.54 Å². The lowest BCUT2D eigenvalue weighted by Gasteiger charge is -2.08. The molecule has 0 atom stereocenters. The molecule has 0 aliphatic heterocycles. The average Bonchev–Trinajstić information content (AvgIpc) is 2.86. The monoisotopic (exact) mass is 299 g/mol. The van der Waals surface area contributed by atoms with E-state index in [1.807, 2.05) is 0 Å². The number of benzene rings is 1. The number of alkyl halides is 3. The summed E-state index contributed by atoms with van der Waals surface area (Å²) in [4.78, 5) is 0. The Morgan fingerprint density at radius 1 is 1.19 bits per heavy atom. The Kier molecular flexibility index (Phi) is 4.89. The van der Waals surface area contributed by atoms with Crippen LogP contribution in [0.25, 0.3) is 0 Å². The number of rotatable bonds is 6. The lowest BCUT2D eigenvalue weighted by molar-refractivity contribution is -0.137. The van der Waals surface area contributed by atoms with Crippen LogP contribution in [0.2, 0.25) is 0 Å². The van der Waals surface area contributed by atoms with Gasteiger partial charge in [-0.15, -0.1) is 5.10 Å². The van der Waals surface area contributed by atoms with Gasteiger partial charge in [0.2, 0.25) is 0 Å². The summed E-state index contributed by atoms with van der Waals surface area (Å²) in [5.74, 6) is 0.656. The van der Waals surface area contributed by atoms with E-state index in [1.54, 1.807) is 4.68 Å². The Morgan fingerprint density at radius 3 is 2.52 bits per heavy atom. The van der Waals surface area contributed by atoms with E-state index in [4.69, 9.17) is 0 Å². The summed E-state index contributed by atoms with van der Waals surface area (Å²) >= 11 is 0. The number of nitrogens with one attached hydrogen (secondary N) is 1. The van der Waals surface area contributed by atoms with Gasteiger partial charge in [-0.1, -0.05) is 19.1 Å². The zero-order valence-electron chi connectivity index (χ0n) is 11.6. The van der Waals surface area contributed by atoms with Gasteiger partial charge in [0.25, 0.3) is 0 Å². The highest BCUT2D eigenvalue weighted by atomic mass is 19.4. The van der Waals surface area contributed by atoms with Crippen LogP contribution in [-0.2, 0) is 19.3 Å². The van der Waals surface area contributed by atoms with Gasteiger partial charge in [0, 0.05) is 0 Å². The van der Waals surface area contributed by atoms with Gasteiger partial charge < -0.3 is 5.32 Å². The molecule has 0 bridgehead atoms. The van der Waals surface area contributed by atoms with Gasteiger partial charge in [-0.05, 0) is 41.1 Å². The van der Waals surface area contributed by atoms with Crippen molar-refractivity contribution in [1.29, 1.82) is 0 Å². The molecule has 0 saturated heterocycles. The second-order valence-electron chi connectivity index (χ2n) is 4.62. The molecule has 5 nitrogen and oxygen atoms in total. The van der Waals surface area contributed by atoms with Crippen molar-refractivity contribution in [2.45, 2.75) is 32.6 Å². The highest BCUT2D eigenvalue weighted by Crippen LogP contribution is 2.29. The Hall–Kier alpha value is -1.96. The van der Waals surface area contributed by atoms with E-state index in [0.717, 1.165) is 25.1 Å². The molecule has 0 spiro atoms. The molecule has 0 amide bonds. The fourth-order valence-electron chi connectivity index (χ4n) is 1.82. The largest absolute Gasteiger partial charge is 0.416 e. The molecule has 0 fully saturated rings. The van der Waals surface area contributed by atoms with E-state index >= 15 is 0 Å². The molecule has 1 N–H and O–H groups in total. The van der Waals surface area contributed by atoms with Crippen molar-refractivity contribution < 1.29 is 13.2 Å². The molecule has 2 rings (SSSR count). The third-order valence-corrected chi connectivity index (χ3v) is 2.93. The molecule has 1 aromatic carbocycles. The van der Waals surface area contributed by atoms with Crippen molar-refractivity contribution in [3.05, 3.63) is 41.2 Å². The lowest BCUT2D eigenvalue weighted by atomic mass is 10.1. The molecule has 114 valence electrons. The highest BCUT2D eigenvalue weighted by Gasteiger charge is 2.29. The third kappa shape index (κ3) is 4.25. The van der Waals surface area contributed by atoms with Crippen LogP contribution in [-0.4, -0.2) is 26.8 Å². The zero-order valence-corrected chi connectivity index (χ0v) is 11.6. The minimum atomic E-state index is -4.32. The van der Waals surface area contributed by atoms with Crippen LogP contribution in [0.5, 0.6) is 0 Å². The molecule has 2 aromatic rings. The van der Waals surface area contributed by atoms with Crippen LogP contribution in [0.1, 0.15) is 30.3 Å². The SMILES string of the molecule is CCCNCc1nnnn1Cc1ccc(C(F)(F)F)cc1. The summed E-state index contributed by atoms with van der Waals surface area (Å²) < 4.78 is 39.0. The molecule has 0 unspecified atom stereocenters. The molecule has 0 aliphatic rings. The zero-order chi connectivity index (χ0) is 15.3. The van der Waals surface area contributed by atoms with Gasteiger partial charge in [0.1, 0.15) is 0 Å². The molecule has 0 saturated carbocycles. The van der Waals surface area contributed by atoms with Gasteiger partial charge in [0.15, 0.2) is 5.82 Å². The lowest BCUT2D eigenvalue weighted by Crippen LogP contribution is -2.18. The highest BCUT2D eigenvalue weighted by molar-refractivity contribution is 5.24. The second kappa shape index (κ2) is 6.66. The quantitative estimate of drug-likeness (QED) is 0.831. The van der Waals surface area contributed by atoms with Crippen molar-refractivity contribution in [3.8, 4) is 0 Å². The maximum absolute atomic E-state index is 12.5. The van der Waals surface area contributed by atoms with E-state index in [0.29, 0.717) is 24.5 Å². The first-order valence-corrected chi connectivity index (χ1v) is 6.62. The van der Waals surface area contributed by atoms with E-state index in [9.17, 15) is 13.2 Å². The summed E-state index contributed by atoms with van der Waals surface area (Å²) in [5, 5.41) is 14.5. The van der Waals surface area contributed by atoms with Crippen LogP contribution in [0.15, 0.2) is 24.3 Å². The minimum absolute atomic E-state index is 0.342. The average molecular weight is 299 g/mol. The van der Waals surface area contributed by atoms with E-state index in [-0.39, 0.29) is 0 Å². The fourth-order valence-corrected chi connectivity index (χ4v) is 1.82. The molecule has 0 aliphatic carbocycles. The molecule has 8 heteroatoms. The maximum atomic E-state index is 12.5. The summed E-state index contributed by atoms with van der Waals surface area (Å²) in [6.07, 6.45) is -3.32. The molecule has 21 heavy (non-hydrogen) atoms. The standard InChI is InChI=1S/C13H16F3N5/c1-2-7-17-8-12-18-19-20-21(12)9-10-3-5-11(6-4-10)13(14,15)16/h3-6,17H,2,7-9H2,1H3. The molecular weight excluding hydrogens is 283 g/mol. The van der Waals surface area contributed by atoms with Gasteiger partial charge in [-0.25, -0.2) is 4.68 Å². The van der Waals surface area contributed by atoms with Crippen molar-refractivity contribution >= 4 is 0 Å². The molecular formula is C13H16F3N5. The summed E-state index contributed by atoms with van der Waals surface area (Å²) in [7, 11) is 0. The summed E-state index contributed by atoms with van der Waals surface area (Å²) in [6, 6.07) is 5.00. The Labute approximate surface area is 120 Å². The number of hydrogen-bond acceptors (Lipinski definition) is 4. The number of nitrogens with zero attached hydrogens (tertiary/aromatic N) is 4. The number of tetrazole rings is 1. The summed E-state index contributed by atoms with van der Waals surface area (Å²) in [5.41, 5.74) is 0.0554. The molecule has 1 heterocycles. The Morgan fingerprint density at radius 2 is 1.90 bits per heavy atom. The predicted octanol–water partition coefficient (Wildman–Crippen LogP) is 2.24. The fraction of sp³-hybridized carbons (Fsp3) is 0.462. The third-order valence-electron chi connectivity index (χ3n) is 2.93. The van der Waals surface area contributed by atoms with Crippen molar-refractivity contribution in [3.63, 3.8) is 0 Å². The van der Waals surface area contributed by atoms with Crippen LogP contribution in [0, 0.1) is 0 Å². The Balaban J connectivity index is 2.03.